The second-order valence-corrected chi connectivity index (χ2v) is 5.49. The number of nitrogens with zero attached hydrogens (tertiary/aromatic N) is 4. The number of nitriles is 1. The summed E-state index contributed by atoms with van der Waals surface area (Å²) >= 11 is 0. The van der Waals surface area contributed by atoms with Crippen molar-refractivity contribution in [1.82, 2.24) is 9.55 Å². The minimum Gasteiger partial charge on any atom is -0.342 e. The second kappa shape index (κ2) is 6.44. The maximum absolute atomic E-state index is 12.3. The predicted molar refractivity (Wildman–Crippen MR) is 84.8 cm³/mol. The molecular weight excluding hydrogens is 276 g/mol. The van der Waals surface area contributed by atoms with Crippen molar-refractivity contribution in [1.29, 1.82) is 5.26 Å². The number of hydrogen-bond donors (Lipinski definition) is 0. The lowest BCUT2D eigenvalue weighted by molar-refractivity contribution is 0.551. The van der Waals surface area contributed by atoms with Crippen LogP contribution in [0.5, 0.6) is 0 Å². The largest absolute Gasteiger partial charge is 0.342 e. The monoisotopic (exact) mass is 294 g/mol. The van der Waals surface area contributed by atoms with Gasteiger partial charge in [-0.25, -0.2) is 4.98 Å². The molecule has 2 heterocycles. The van der Waals surface area contributed by atoms with Crippen LogP contribution in [0.25, 0.3) is 0 Å². The summed E-state index contributed by atoms with van der Waals surface area (Å²) in [6.07, 6.45) is 5.04. The standard InChI is InChI=1S/C17H18N4O/c18-12-14-6-2-3-7-15(14)13-21-16(22)8-9-19-17(21)20-10-4-1-5-11-20/h2-3,6-9H,1,4-5,10-11,13H2. The maximum atomic E-state index is 12.3. The Bertz CT molecular complexity index is 754. The number of aromatic nitrogens is 2. The Morgan fingerprint density at radius 3 is 2.68 bits per heavy atom. The molecule has 1 fully saturated rings. The molecule has 0 bridgehead atoms. The quantitative estimate of drug-likeness (QED) is 0.870. The molecule has 1 aromatic carbocycles. The average Bonchev–Trinajstić information content (AvgIpc) is 2.58. The van der Waals surface area contributed by atoms with Gasteiger partial charge in [0.25, 0.3) is 5.56 Å². The fourth-order valence-electron chi connectivity index (χ4n) is 2.86. The highest BCUT2D eigenvalue weighted by Crippen LogP contribution is 2.18. The van der Waals surface area contributed by atoms with Crippen LogP contribution in [-0.4, -0.2) is 22.6 Å². The lowest BCUT2D eigenvalue weighted by Gasteiger charge is -2.29. The molecule has 0 spiro atoms. The van der Waals surface area contributed by atoms with E-state index in [9.17, 15) is 10.1 Å². The fraction of sp³-hybridized carbons (Fsp3) is 0.353. The van der Waals surface area contributed by atoms with Gasteiger partial charge in [-0.3, -0.25) is 9.36 Å². The average molecular weight is 294 g/mol. The molecule has 0 saturated carbocycles. The Kier molecular flexibility index (Phi) is 4.19. The molecule has 0 radical (unpaired) electrons. The topological polar surface area (TPSA) is 61.9 Å². The third kappa shape index (κ3) is 2.86. The molecule has 3 rings (SSSR count). The zero-order chi connectivity index (χ0) is 15.4. The van der Waals surface area contributed by atoms with Crippen LogP contribution < -0.4 is 10.5 Å². The molecule has 5 heteroatoms. The molecular formula is C17H18N4O. The van der Waals surface area contributed by atoms with Gasteiger partial charge in [-0.2, -0.15) is 5.26 Å². The SMILES string of the molecule is N#Cc1ccccc1Cn1c(N2CCCCC2)nccc1=O. The van der Waals surface area contributed by atoms with Crippen LogP contribution in [0, 0.1) is 11.3 Å². The predicted octanol–water partition coefficient (Wildman–Crippen LogP) is 2.15. The van der Waals surface area contributed by atoms with Gasteiger partial charge in [0.05, 0.1) is 18.2 Å². The van der Waals surface area contributed by atoms with Crippen molar-refractivity contribution in [2.24, 2.45) is 0 Å². The van der Waals surface area contributed by atoms with Gasteiger partial charge in [0.2, 0.25) is 5.95 Å². The molecule has 0 amide bonds. The first-order valence-electron chi connectivity index (χ1n) is 7.58. The summed E-state index contributed by atoms with van der Waals surface area (Å²) in [6, 6.07) is 11.0. The van der Waals surface area contributed by atoms with E-state index in [1.807, 2.05) is 18.2 Å². The van der Waals surface area contributed by atoms with Crippen molar-refractivity contribution in [2.75, 3.05) is 18.0 Å². The van der Waals surface area contributed by atoms with Crippen LogP contribution in [-0.2, 0) is 6.54 Å². The minimum atomic E-state index is -0.0803. The van der Waals surface area contributed by atoms with Crippen LogP contribution in [0.1, 0.15) is 30.4 Å². The molecule has 1 saturated heterocycles. The first-order chi connectivity index (χ1) is 10.8. The molecule has 0 unspecified atom stereocenters. The molecule has 1 aliphatic rings. The summed E-state index contributed by atoms with van der Waals surface area (Å²) in [4.78, 5) is 18.9. The molecule has 1 aliphatic heterocycles. The van der Waals surface area contributed by atoms with E-state index in [0.717, 1.165) is 31.5 Å². The van der Waals surface area contributed by atoms with E-state index in [0.29, 0.717) is 18.1 Å². The van der Waals surface area contributed by atoms with Gasteiger partial charge in [-0.1, -0.05) is 18.2 Å². The maximum Gasteiger partial charge on any atom is 0.255 e. The van der Waals surface area contributed by atoms with Crippen LogP contribution >= 0.6 is 0 Å². The summed E-state index contributed by atoms with van der Waals surface area (Å²) in [5, 5.41) is 9.22. The van der Waals surface area contributed by atoms with Crippen molar-refractivity contribution in [2.45, 2.75) is 25.8 Å². The Hall–Kier alpha value is -2.61. The Labute approximate surface area is 129 Å². The normalized spacial score (nSPS) is 14.6. The summed E-state index contributed by atoms with van der Waals surface area (Å²) in [5.74, 6) is 0.708. The van der Waals surface area contributed by atoms with Gasteiger partial charge >= 0.3 is 0 Å². The van der Waals surface area contributed by atoms with E-state index in [4.69, 9.17) is 0 Å². The van der Waals surface area contributed by atoms with E-state index in [-0.39, 0.29) is 5.56 Å². The summed E-state index contributed by atoms with van der Waals surface area (Å²) in [7, 11) is 0. The first kappa shape index (κ1) is 14.3. The van der Waals surface area contributed by atoms with Gasteiger partial charge in [-0.05, 0) is 30.9 Å². The minimum absolute atomic E-state index is 0.0803. The van der Waals surface area contributed by atoms with Gasteiger partial charge in [0.1, 0.15) is 0 Å². The smallest absolute Gasteiger partial charge is 0.255 e. The van der Waals surface area contributed by atoms with Crippen molar-refractivity contribution in [3.05, 3.63) is 58.0 Å². The fourth-order valence-corrected chi connectivity index (χ4v) is 2.86. The van der Waals surface area contributed by atoms with E-state index in [2.05, 4.69) is 16.0 Å². The number of benzene rings is 1. The van der Waals surface area contributed by atoms with Crippen LogP contribution in [0.2, 0.25) is 0 Å². The third-order valence-electron chi connectivity index (χ3n) is 4.02. The number of rotatable bonds is 3. The molecule has 5 nitrogen and oxygen atoms in total. The van der Waals surface area contributed by atoms with E-state index >= 15 is 0 Å². The molecule has 2 aromatic rings. The van der Waals surface area contributed by atoms with Crippen molar-refractivity contribution < 1.29 is 0 Å². The van der Waals surface area contributed by atoms with Crippen molar-refractivity contribution in [3.8, 4) is 6.07 Å². The highest BCUT2D eigenvalue weighted by molar-refractivity contribution is 5.39. The molecule has 112 valence electrons. The Morgan fingerprint density at radius 2 is 1.91 bits per heavy atom. The molecule has 0 N–H and O–H groups in total. The second-order valence-electron chi connectivity index (χ2n) is 5.49. The van der Waals surface area contributed by atoms with Crippen LogP contribution in [0.3, 0.4) is 0 Å². The summed E-state index contributed by atoms with van der Waals surface area (Å²) < 4.78 is 1.67. The van der Waals surface area contributed by atoms with Gasteiger partial charge in [-0.15, -0.1) is 0 Å². The highest BCUT2D eigenvalue weighted by atomic mass is 16.1. The zero-order valence-electron chi connectivity index (χ0n) is 12.4. The molecule has 22 heavy (non-hydrogen) atoms. The summed E-state index contributed by atoms with van der Waals surface area (Å²) in [5.41, 5.74) is 1.37. The molecule has 0 aliphatic carbocycles. The van der Waals surface area contributed by atoms with E-state index < -0.39 is 0 Å². The lowest BCUT2D eigenvalue weighted by atomic mass is 10.1. The lowest BCUT2D eigenvalue weighted by Crippen LogP contribution is -2.36. The number of piperidine rings is 1. The Balaban J connectivity index is 1.99. The number of hydrogen-bond acceptors (Lipinski definition) is 4. The van der Waals surface area contributed by atoms with Crippen molar-refractivity contribution in [3.63, 3.8) is 0 Å². The summed E-state index contributed by atoms with van der Waals surface area (Å²) in [6.45, 7) is 2.23. The van der Waals surface area contributed by atoms with Crippen molar-refractivity contribution >= 4 is 5.95 Å². The van der Waals surface area contributed by atoms with Gasteiger partial charge in [0, 0.05) is 25.4 Å². The van der Waals surface area contributed by atoms with E-state index in [1.165, 1.54) is 12.5 Å². The van der Waals surface area contributed by atoms with E-state index in [1.54, 1.807) is 16.8 Å². The Morgan fingerprint density at radius 1 is 1.14 bits per heavy atom. The van der Waals surface area contributed by atoms with Gasteiger partial charge < -0.3 is 4.90 Å². The highest BCUT2D eigenvalue weighted by Gasteiger charge is 2.17. The number of anilines is 1. The van der Waals surface area contributed by atoms with Gasteiger partial charge in [0.15, 0.2) is 0 Å². The van der Waals surface area contributed by atoms with Crippen LogP contribution in [0.15, 0.2) is 41.3 Å². The zero-order valence-corrected chi connectivity index (χ0v) is 12.4. The van der Waals surface area contributed by atoms with Crippen LogP contribution in [0.4, 0.5) is 5.95 Å². The third-order valence-corrected chi connectivity index (χ3v) is 4.02. The first-order valence-corrected chi connectivity index (χ1v) is 7.58. The molecule has 1 aromatic heterocycles. The molecule has 0 atom stereocenters.